The van der Waals surface area contributed by atoms with Crippen molar-refractivity contribution in [2.75, 3.05) is 19.8 Å². The molecule has 0 aliphatic rings. The molecule has 4 heteroatoms. The lowest BCUT2D eigenvalue weighted by Gasteiger charge is -2.26. The molecule has 74 valence electrons. The van der Waals surface area contributed by atoms with Gasteiger partial charge in [0.05, 0.1) is 13.2 Å². The minimum atomic E-state index is -1.39. The Hall–Kier alpha value is -0.160. The molecule has 1 atom stereocenters. The van der Waals surface area contributed by atoms with E-state index in [1.54, 1.807) is 0 Å². The molecule has 0 rings (SSSR count). The maximum Gasteiger partial charge on any atom is 0.111 e. The van der Waals surface area contributed by atoms with Crippen molar-refractivity contribution in [1.29, 1.82) is 0 Å². The number of hydrogen-bond donors (Lipinski definition) is 4. The lowest BCUT2D eigenvalue weighted by atomic mass is 9.91. The van der Waals surface area contributed by atoms with Crippen LogP contribution in [-0.2, 0) is 0 Å². The summed E-state index contributed by atoms with van der Waals surface area (Å²) >= 11 is 0. The zero-order valence-corrected chi connectivity index (χ0v) is 7.40. The van der Waals surface area contributed by atoms with Crippen LogP contribution in [0.3, 0.4) is 0 Å². The topological polar surface area (TPSA) is 80.9 Å². The van der Waals surface area contributed by atoms with Crippen LogP contribution in [0.2, 0.25) is 0 Å². The molecule has 0 spiro atoms. The highest BCUT2D eigenvalue weighted by molar-refractivity contribution is 4.78. The fourth-order valence-corrected chi connectivity index (χ4v) is 1.15. The smallest absolute Gasteiger partial charge is 0.111 e. The number of rotatable bonds is 6. The predicted molar refractivity (Wildman–Crippen MR) is 44.6 cm³/mol. The third-order valence-corrected chi connectivity index (χ3v) is 1.94. The van der Waals surface area contributed by atoms with Crippen LogP contribution in [0.25, 0.3) is 0 Å². The molecule has 0 aliphatic carbocycles. The summed E-state index contributed by atoms with van der Waals surface area (Å²) in [4.78, 5) is 0. The van der Waals surface area contributed by atoms with Gasteiger partial charge in [-0.15, -0.1) is 0 Å². The largest absolute Gasteiger partial charge is 0.396 e. The Bertz CT molecular complexity index is 112. The third kappa shape index (κ3) is 4.01. The molecule has 0 saturated carbocycles. The predicted octanol–water partition coefficient (Wildman–Crippen LogP) is -0.889. The molecule has 0 aromatic rings. The number of aliphatic hydroxyl groups is 4. The fraction of sp³-hybridized carbons (Fsp3) is 1.00. The Kier molecular flexibility index (Phi) is 5.41. The first kappa shape index (κ1) is 11.8. The van der Waals surface area contributed by atoms with Gasteiger partial charge in [-0.05, 0) is 18.8 Å². The SMILES string of the molecule is CC(CCO)CC(O)(CO)CO. The first-order valence-corrected chi connectivity index (χ1v) is 4.13. The summed E-state index contributed by atoms with van der Waals surface area (Å²) in [5.41, 5.74) is -1.39. The Labute approximate surface area is 72.5 Å². The van der Waals surface area contributed by atoms with Gasteiger partial charge in [0.15, 0.2) is 0 Å². The van der Waals surface area contributed by atoms with Crippen molar-refractivity contribution < 1.29 is 20.4 Å². The molecule has 4 N–H and O–H groups in total. The average molecular weight is 178 g/mol. The first-order chi connectivity index (χ1) is 5.58. The van der Waals surface area contributed by atoms with E-state index in [4.69, 9.17) is 15.3 Å². The van der Waals surface area contributed by atoms with Gasteiger partial charge in [0, 0.05) is 6.61 Å². The lowest BCUT2D eigenvalue weighted by molar-refractivity contribution is -0.0700. The maximum absolute atomic E-state index is 9.44. The van der Waals surface area contributed by atoms with Crippen LogP contribution in [0, 0.1) is 5.92 Å². The van der Waals surface area contributed by atoms with Crippen molar-refractivity contribution >= 4 is 0 Å². The minimum Gasteiger partial charge on any atom is -0.396 e. The number of hydrogen-bond acceptors (Lipinski definition) is 4. The van der Waals surface area contributed by atoms with Crippen LogP contribution in [0.4, 0.5) is 0 Å². The Morgan fingerprint density at radius 1 is 1.17 bits per heavy atom. The van der Waals surface area contributed by atoms with Gasteiger partial charge in [0.25, 0.3) is 0 Å². The summed E-state index contributed by atoms with van der Waals surface area (Å²) in [6.07, 6.45) is 0.878. The quantitative estimate of drug-likeness (QED) is 0.425. The summed E-state index contributed by atoms with van der Waals surface area (Å²) < 4.78 is 0. The molecular weight excluding hydrogens is 160 g/mol. The van der Waals surface area contributed by atoms with Crippen LogP contribution in [-0.4, -0.2) is 45.8 Å². The summed E-state index contributed by atoms with van der Waals surface area (Å²) in [7, 11) is 0. The summed E-state index contributed by atoms with van der Waals surface area (Å²) in [6, 6.07) is 0. The Morgan fingerprint density at radius 2 is 1.67 bits per heavy atom. The van der Waals surface area contributed by atoms with Gasteiger partial charge in [-0.1, -0.05) is 6.92 Å². The zero-order chi connectivity index (χ0) is 9.61. The van der Waals surface area contributed by atoms with Crippen LogP contribution < -0.4 is 0 Å². The van der Waals surface area contributed by atoms with E-state index in [1.807, 2.05) is 6.92 Å². The number of aliphatic hydroxyl groups excluding tert-OH is 3. The van der Waals surface area contributed by atoms with E-state index < -0.39 is 18.8 Å². The van der Waals surface area contributed by atoms with Gasteiger partial charge in [-0.3, -0.25) is 0 Å². The third-order valence-electron chi connectivity index (χ3n) is 1.94. The molecule has 0 aliphatic heterocycles. The van der Waals surface area contributed by atoms with Crippen molar-refractivity contribution in [2.45, 2.75) is 25.4 Å². The molecule has 0 aromatic carbocycles. The van der Waals surface area contributed by atoms with Crippen LogP contribution in [0.1, 0.15) is 19.8 Å². The van der Waals surface area contributed by atoms with E-state index in [0.29, 0.717) is 12.8 Å². The second-order valence-electron chi connectivity index (χ2n) is 3.36. The lowest BCUT2D eigenvalue weighted by Crippen LogP contribution is -2.39. The summed E-state index contributed by atoms with van der Waals surface area (Å²) in [5.74, 6) is 0.0966. The second kappa shape index (κ2) is 5.48. The van der Waals surface area contributed by atoms with E-state index in [-0.39, 0.29) is 12.5 Å². The molecule has 0 radical (unpaired) electrons. The van der Waals surface area contributed by atoms with E-state index in [1.165, 1.54) is 0 Å². The average Bonchev–Trinajstić information content (AvgIpc) is 2.05. The van der Waals surface area contributed by atoms with Crippen LogP contribution in [0.5, 0.6) is 0 Å². The second-order valence-corrected chi connectivity index (χ2v) is 3.36. The van der Waals surface area contributed by atoms with E-state index in [9.17, 15) is 5.11 Å². The minimum absolute atomic E-state index is 0.0636. The van der Waals surface area contributed by atoms with Crippen molar-refractivity contribution in [3.63, 3.8) is 0 Å². The first-order valence-electron chi connectivity index (χ1n) is 4.13. The highest BCUT2D eigenvalue weighted by atomic mass is 16.4. The van der Waals surface area contributed by atoms with Gasteiger partial charge in [0.2, 0.25) is 0 Å². The van der Waals surface area contributed by atoms with Crippen molar-refractivity contribution in [3.8, 4) is 0 Å². The molecule has 4 nitrogen and oxygen atoms in total. The van der Waals surface area contributed by atoms with Gasteiger partial charge < -0.3 is 20.4 Å². The van der Waals surface area contributed by atoms with Crippen molar-refractivity contribution in [1.82, 2.24) is 0 Å². The monoisotopic (exact) mass is 178 g/mol. The Morgan fingerprint density at radius 3 is 2.00 bits per heavy atom. The molecule has 0 bridgehead atoms. The maximum atomic E-state index is 9.44. The van der Waals surface area contributed by atoms with E-state index in [0.717, 1.165) is 0 Å². The highest BCUT2D eigenvalue weighted by Gasteiger charge is 2.26. The van der Waals surface area contributed by atoms with Gasteiger partial charge in [-0.25, -0.2) is 0 Å². The highest BCUT2D eigenvalue weighted by Crippen LogP contribution is 2.18. The zero-order valence-electron chi connectivity index (χ0n) is 7.40. The van der Waals surface area contributed by atoms with Gasteiger partial charge in [0.1, 0.15) is 5.60 Å². The summed E-state index contributed by atoms with van der Waals surface area (Å²) in [5, 5.41) is 35.5. The molecular formula is C8H18O4. The normalized spacial score (nSPS) is 14.8. The van der Waals surface area contributed by atoms with Crippen LogP contribution >= 0.6 is 0 Å². The molecule has 0 heterocycles. The van der Waals surface area contributed by atoms with Gasteiger partial charge >= 0.3 is 0 Å². The molecule has 0 saturated heterocycles. The fourth-order valence-electron chi connectivity index (χ4n) is 1.15. The van der Waals surface area contributed by atoms with Crippen molar-refractivity contribution in [2.24, 2.45) is 5.92 Å². The Balaban J connectivity index is 3.84. The molecule has 1 unspecified atom stereocenters. The molecule has 12 heavy (non-hydrogen) atoms. The van der Waals surface area contributed by atoms with Crippen molar-refractivity contribution in [3.05, 3.63) is 0 Å². The molecule has 0 amide bonds. The standard InChI is InChI=1S/C8H18O4/c1-7(2-3-9)4-8(12,5-10)6-11/h7,9-12H,2-6H2,1H3. The molecule has 0 aromatic heterocycles. The summed E-state index contributed by atoms with van der Waals surface area (Å²) in [6.45, 7) is 1.03. The van der Waals surface area contributed by atoms with Gasteiger partial charge in [-0.2, -0.15) is 0 Å². The van der Waals surface area contributed by atoms with E-state index in [2.05, 4.69) is 0 Å². The van der Waals surface area contributed by atoms with E-state index >= 15 is 0 Å². The molecule has 0 fully saturated rings. The van der Waals surface area contributed by atoms with Crippen LogP contribution in [0.15, 0.2) is 0 Å².